The number of nitrogens with zero attached hydrogens (tertiary/aromatic N) is 3. The maximum atomic E-state index is 12.0. The number of rotatable bonds is 6. The van der Waals surface area contributed by atoms with Crippen LogP contribution in [-0.2, 0) is 11.2 Å². The molecule has 3 rings (SSSR count). The summed E-state index contributed by atoms with van der Waals surface area (Å²) in [6.07, 6.45) is 1.12. The van der Waals surface area contributed by atoms with Gasteiger partial charge in [-0.15, -0.1) is 10.2 Å². The maximum Gasteiger partial charge on any atom is 0.225 e. The summed E-state index contributed by atoms with van der Waals surface area (Å²) in [5, 5.41) is 11.1. The van der Waals surface area contributed by atoms with Crippen molar-refractivity contribution >= 4 is 23.2 Å². The Kier molecular flexibility index (Phi) is 5.36. The summed E-state index contributed by atoms with van der Waals surface area (Å²) >= 11 is 0. The van der Waals surface area contributed by atoms with Gasteiger partial charge in [-0.25, -0.2) is 0 Å². The van der Waals surface area contributed by atoms with E-state index in [2.05, 4.69) is 15.5 Å². The maximum absolute atomic E-state index is 12.0. The minimum Gasteiger partial charge on any atom is -0.328 e. The first-order chi connectivity index (χ1) is 12.2. The van der Waals surface area contributed by atoms with Gasteiger partial charge in [0.15, 0.2) is 11.6 Å². The van der Waals surface area contributed by atoms with E-state index in [9.17, 15) is 4.79 Å². The van der Waals surface area contributed by atoms with Crippen molar-refractivity contribution < 1.29 is 4.79 Å². The topological polar surface area (TPSA) is 58.1 Å². The largest absolute Gasteiger partial charge is 0.328 e. The molecule has 5 heteroatoms. The minimum atomic E-state index is -0.0673. The van der Waals surface area contributed by atoms with Gasteiger partial charge in [-0.1, -0.05) is 48.5 Å². The molecule has 25 heavy (non-hydrogen) atoms. The van der Waals surface area contributed by atoms with Crippen LogP contribution < -0.4 is 10.2 Å². The number of carbonyl (C=O) groups excluding carboxylic acids is 1. The molecular formula is C20H20N4O. The first-order valence-corrected chi connectivity index (χ1v) is 8.18. The highest BCUT2D eigenvalue weighted by molar-refractivity contribution is 5.89. The SMILES string of the molecule is CN(c1ccccc1)c1ccc(NC(=O)CCc2ccccc2)nn1. The number of carbonyl (C=O) groups is 1. The fourth-order valence-corrected chi connectivity index (χ4v) is 2.46. The first kappa shape index (κ1) is 16.6. The van der Waals surface area contributed by atoms with E-state index in [1.165, 1.54) is 0 Å². The zero-order valence-electron chi connectivity index (χ0n) is 14.1. The van der Waals surface area contributed by atoms with E-state index in [-0.39, 0.29) is 5.91 Å². The molecule has 0 bridgehead atoms. The number of benzene rings is 2. The third-order valence-electron chi connectivity index (χ3n) is 3.89. The molecule has 0 radical (unpaired) electrons. The van der Waals surface area contributed by atoms with Crippen LogP contribution in [0.2, 0.25) is 0 Å². The van der Waals surface area contributed by atoms with Crippen LogP contribution in [0.15, 0.2) is 72.8 Å². The van der Waals surface area contributed by atoms with Crippen LogP contribution in [0.4, 0.5) is 17.3 Å². The summed E-state index contributed by atoms with van der Waals surface area (Å²) in [6, 6.07) is 23.5. The number of hydrogen-bond donors (Lipinski definition) is 1. The summed E-state index contributed by atoms with van der Waals surface area (Å²) in [5.41, 5.74) is 2.17. The monoisotopic (exact) mass is 332 g/mol. The number of para-hydroxylation sites is 1. The summed E-state index contributed by atoms with van der Waals surface area (Å²) in [5.74, 6) is 1.11. The Morgan fingerprint density at radius 3 is 2.24 bits per heavy atom. The second-order valence-electron chi connectivity index (χ2n) is 5.71. The first-order valence-electron chi connectivity index (χ1n) is 8.18. The number of nitrogens with one attached hydrogen (secondary N) is 1. The molecule has 0 atom stereocenters. The average Bonchev–Trinajstić information content (AvgIpc) is 2.68. The lowest BCUT2D eigenvalue weighted by Gasteiger charge is -2.17. The van der Waals surface area contributed by atoms with Crippen LogP contribution in [0.25, 0.3) is 0 Å². The summed E-state index contributed by atoms with van der Waals surface area (Å²) in [6.45, 7) is 0. The molecule has 0 aliphatic heterocycles. The molecule has 0 fully saturated rings. The molecular weight excluding hydrogens is 312 g/mol. The van der Waals surface area contributed by atoms with E-state index in [1.807, 2.05) is 78.7 Å². The molecule has 5 nitrogen and oxygen atoms in total. The van der Waals surface area contributed by atoms with Gasteiger partial charge in [0, 0.05) is 19.2 Å². The molecule has 1 heterocycles. The predicted octanol–water partition coefficient (Wildman–Crippen LogP) is 3.82. The van der Waals surface area contributed by atoms with Crippen molar-refractivity contribution in [2.24, 2.45) is 0 Å². The van der Waals surface area contributed by atoms with Crippen LogP contribution >= 0.6 is 0 Å². The molecule has 0 saturated heterocycles. The van der Waals surface area contributed by atoms with Gasteiger partial charge >= 0.3 is 0 Å². The Balaban J connectivity index is 1.56. The Labute approximate surface area is 147 Å². The zero-order valence-corrected chi connectivity index (χ0v) is 14.1. The molecule has 0 spiro atoms. The fourth-order valence-electron chi connectivity index (χ4n) is 2.46. The number of amides is 1. The van der Waals surface area contributed by atoms with E-state index in [0.29, 0.717) is 24.5 Å². The molecule has 0 saturated carbocycles. The van der Waals surface area contributed by atoms with Gasteiger partial charge in [0.1, 0.15) is 0 Å². The summed E-state index contributed by atoms with van der Waals surface area (Å²) in [7, 11) is 1.93. The second-order valence-corrected chi connectivity index (χ2v) is 5.71. The lowest BCUT2D eigenvalue weighted by Crippen LogP contribution is -2.15. The van der Waals surface area contributed by atoms with Crippen molar-refractivity contribution in [1.29, 1.82) is 0 Å². The molecule has 1 amide bonds. The quantitative estimate of drug-likeness (QED) is 0.745. The standard InChI is InChI=1S/C20H20N4O/c1-24(17-10-6-3-7-11-17)19-14-13-18(22-23-19)21-20(25)15-12-16-8-4-2-5-9-16/h2-11,13-14H,12,15H2,1H3,(H,21,22,25). The lowest BCUT2D eigenvalue weighted by molar-refractivity contribution is -0.116. The lowest BCUT2D eigenvalue weighted by atomic mass is 10.1. The van der Waals surface area contributed by atoms with Gasteiger partial charge in [-0.2, -0.15) is 0 Å². The van der Waals surface area contributed by atoms with Crippen molar-refractivity contribution in [1.82, 2.24) is 10.2 Å². The number of aryl methyl sites for hydroxylation is 1. The van der Waals surface area contributed by atoms with Crippen LogP contribution in [0.3, 0.4) is 0 Å². The Bertz CT molecular complexity index is 804. The normalized spacial score (nSPS) is 10.3. The van der Waals surface area contributed by atoms with Crippen LogP contribution in [0.1, 0.15) is 12.0 Å². The fraction of sp³-hybridized carbons (Fsp3) is 0.150. The number of aromatic nitrogens is 2. The highest BCUT2D eigenvalue weighted by Gasteiger charge is 2.08. The Morgan fingerprint density at radius 1 is 0.920 bits per heavy atom. The summed E-state index contributed by atoms with van der Waals surface area (Å²) in [4.78, 5) is 14.0. The van der Waals surface area contributed by atoms with Gasteiger partial charge < -0.3 is 10.2 Å². The molecule has 1 N–H and O–H groups in total. The second kappa shape index (κ2) is 8.06. The van der Waals surface area contributed by atoms with Crippen LogP contribution in [-0.4, -0.2) is 23.2 Å². The van der Waals surface area contributed by atoms with E-state index in [1.54, 1.807) is 6.07 Å². The van der Waals surface area contributed by atoms with Crippen molar-refractivity contribution in [3.8, 4) is 0 Å². The van der Waals surface area contributed by atoms with Crippen LogP contribution in [0, 0.1) is 0 Å². The molecule has 3 aromatic rings. The molecule has 2 aromatic carbocycles. The third-order valence-corrected chi connectivity index (χ3v) is 3.89. The van der Waals surface area contributed by atoms with Crippen molar-refractivity contribution in [2.45, 2.75) is 12.8 Å². The number of anilines is 3. The predicted molar refractivity (Wildman–Crippen MR) is 99.9 cm³/mol. The smallest absolute Gasteiger partial charge is 0.225 e. The van der Waals surface area contributed by atoms with E-state index < -0.39 is 0 Å². The Hall–Kier alpha value is -3.21. The third kappa shape index (κ3) is 4.64. The van der Waals surface area contributed by atoms with E-state index >= 15 is 0 Å². The molecule has 126 valence electrons. The Morgan fingerprint density at radius 2 is 1.60 bits per heavy atom. The molecule has 0 aliphatic rings. The van der Waals surface area contributed by atoms with E-state index in [4.69, 9.17) is 0 Å². The highest BCUT2D eigenvalue weighted by Crippen LogP contribution is 2.20. The highest BCUT2D eigenvalue weighted by atomic mass is 16.1. The van der Waals surface area contributed by atoms with Crippen LogP contribution in [0.5, 0.6) is 0 Å². The van der Waals surface area contributed by atoms with Gasteiger partial charge in [-0.05, 0) is 36.2 Å². The molecule has 0 aliphatic carbocycles. The minimum absolute atomic E-state index is 0.0673. The molecule has 1 aromatic heterocycles. The average molecular weight is 332 g/mol. The zero-order chi connectivity index (χ0) is 17.5. The van der Waals surface area contributed by atoms with Crippen molar-refractivity contribution in [3.63, 3.8) is 0 Å². The molecule has 0 unspecified atom stereocenters. The van der Waals surface area contributed by atoms with Crippen molar-refractivity contribution in [2.75, 3.05) is 17.3 Å². The van der Waals surface area contributed by atoms with E-state index in [0.717, 1.165) is 11.3 Å². The number of hydrogen-bond acceptors (Lipinski definition) is 4. The summed E-state index contributed by atoms with van der Waals surface area (Å²) < 4.78 is 0. The van der Waals surface area contributed by atoms with Gasteiger partial charge in [0.2, 0.25) is 5.91 Å². The van der Waals surface area contributed by atoms with Gasteiger partial charge in [-0.3, -0.25) is 4.79 Å². The van der Waals surface area contributed by atoms with Gasteiger partial charge in [0.25, 0.3) is 0 Å². The van der Waals surface area contributed by atoms with Crippen molar-refractivity contribution in [3.05, 3.63) is 78.4 Å². The van der Waals surface area contributed by atoms with Gasteiger partial charge in [0.05, 0.1) is 0 Å².